The molecular formula is C18H29N3O2. The fraction of sp³-hybridized carbons (Fsp3) is 0.611. The number of benzene rings is 1. The lowest BCUT2D eigenvalue weighted by Gasteiger charge is -2.28. The van der Waals surface area contributed by atoms with E-state index >= 15 is 0 Å². The number of aliphatic hydroxyl groups excluding tert-OH is 1. The van der Waals surface area contributed by atoms with Gasteiger partial charge in [0.15, 0.2) is 0 Å². The Bertz CT molecular complexity index is 508. The van der Waals surface area contributed by atoms with Gasteiger partial charge in [0.1, 0.15) is 0 Å². The number of carbonyl (C=O) groups excluding carboxylic acids is 1. The number of carbonyl (C=O) groups is 1. The summed E-state index contributed by atoms with van der Waals surface area (Å²) in [5.74, 6) is 0. The van der Waals surface area contributed by atoms with Gasteiger partial charge in [0, 0.05) is 24.0 Å². The summed E-state index contributed by atoms with van der Waals surface area (Å²) in [6, 6.07) is 8.08. The maximum absolute atomic E-state index is 12.2. The molecule has 0 spiro atoms. The van der Waals surface area contributed by atoms with E-state index in [1.165, 1.54) is 0 Å². The topological polar surface area (TPSA) is 64.6 Å². The van der Waals surface area contributed by atoms with Gasteiger partial charge in [-0.2, -0.15) is 0 Å². The third-order valence-electron chi connectivity index (χ3n) is 4.66. The van der Waals surface area contributed by atoms with Crippen molar-refractivity contribution in [1.82, 2.24) is 5.32 Å². The highest BCUT2D eigenvalue weighted by Crippen LogP contribution is 2.29. The third kappa shape index (κ3) is 4.38. The zero-order chi connectivity index (χ0) is 16.9. The molecule has 0 unspecified atom stereocenters. The highest BCUT2D eigenvalue weighted by molar-refractivity contribution is 5.90. The number of amides is 2. The molecule has 23 heavy (non-hydrogen) atoms. The van der Waals surface area contributed by atoms with Crippen LogP contribution in [0.4, 0.5) is 16.2 Å². The van der Waals surface area contributed by atoms with E-state index in [1.54, 1.807) is 0 Å². The van der Waals surface area contributed by atoms with Crippen molar-refractivity contribution >= 4 is 17.4 Å². The SMILES string of the molecule is CCN(c1ccc(NC(=O)NC2(CO)CCCC2)cc1)C(C)C. The van der Waals surface area contributed by atoms with Crippen LogP contribution in [-0.2, 0) is 0 Å². The lowest BCUT2D eigenvalue weighted by Crippen LogP contribution is -2.50. The number of nitrogens with one attached hydrogen (secondary N) is 2. The lowest BCUT2D eigenvalue weighted by molar-refractivity contribution is 0.167. The third-order valence-corrected chi connectivity index (χ3v) is 4.66. The van der Waals surface area contributed by atoms with Crippen LogP contribution in [0.15, 0.2) is 24.3 Å². The van der Waals surface area contributed by atoms with Crippen LogP contribution in [0.5, 0.6) is 0 Å². The molecule has 0 bridgehead atoms. The second-order valence-electron chi connectivity index (χ2n) is 6.65. The number of anilines is 2. The number of hydrogen-bond acceptors (Lipinski definition) is 3. The summed E-state index contributed by atoms with van der Waals surface area (Å²) >= 11 is 0. The van der Waals surface area contributed by atoms with Gasteiger partial charge in [-0.25, -0.2) is 4.79 Å². The average Bonchev–Trinajstić information content (AvgIpc) is 2.98. The monoisotopic (exact) mass is 319 g/mol. The van der Waals surface area contributed by atoms with Gasteiger partial charge in [-0.3, -0.25) is 0 Å². The minimum atomic E-state index is -0.444. The van der Waals surface area contributed by atoms with Crippen LogP contribution in [0.1, 0.15) is 46.5 Å². The van der Waals surface area contributed by atoms with E-state index in [2.05, 4.69) is 36.3 Å². The van der Waals surface area contributed by atoms with Crippen molar-refractivity contribution in [3.8, 4) is 0 Å². The molecule has 5 heteroatoms. The fourth-order valence-corrected chi connectivity index (χ4v) is 3.36. The molecule has 128 valence electrons. The molecule has 1 saturated carbocycles. The van der Waals surface area contributed by atoms with Crippen molar-refractivity contribution in [2.75, 3.05) is 23.4 Å². The summed E-state index contributed by atoms with van der Waals surface area (Å²) in [4.78, 5) is 14.5. The maximum Gasteiger partial charge on any atom is 0.319 e. The van der Waals surface area contributed by atoms with Gasteiger partial charge in [-0.05, 0) is 57.9 Å². The van der Waals surface area contributed by atoms with Gasteiger partial charge in [0.2, 0.25) is 0 Å². The largest absolute Gasteiger partial charge is 0.394 e. The summed E-state index contributed by atoms with van der Waals surface area (Å²) in [5.41, 5.74) is 1.47. The van der Waals surface area contributed by atoms with E-state index in [4.69, 9.17) is 0 Å². The number of aliphatic hydroxyl groups is 1. The molecule has 0 saturated heterocycles. The van der Waals surface area contributed by atoms with Crippen molar-refractivity contribution in [2.45, 2.75) is 58.0 Å². The van der Waals surface area contributed by atoms with E-state index in [-0.39, 0.29) is 12.6 Å². The molecule has 0 aromatic heterocycles. The second-order valence-corrected chi connectivity index (χ2v) is 6.65. The molecule has 0 aliphatic heterocycles. The number of urea groups is 1. The van der Waals surface area contributed by atoms with E-state index < -0.39 is 5.54 Å². The van der Waals surface area contributed by atoms with Crippen LogP contribution >= 0.6 is 0 Å². The van der Waals surface area contributed by atoms with Crippen LogP contribution in [0.25, 0.3) is 0 Å². The molecular weight excluding hydrogens is 290 g/mol. The Hall–Kier alpha value is -1.75. The van der Waals surface area contributed by atoms with Gasteiger partial charge in [0.25, 0.3) is 0 Å². The summed E-state index contributed by atoms with van der Waals surface area (Å²) < 4.78 is 0. The zero-order valence-electron chi connectivity index (χ0n) is 14.4. The molecule has 1 aromatic rings. The Morgan fingerprint density at radius 2 is 1.87 bits per heavy atom. The number of hydrogen-bond donors (Lipinski definition) is 3. The second kappa shape index (κ2) is 7.68. The van der Waals surface area contributed by atoms with Crippen molar-refractivity contribution in [3.63, 3.8) is 0 Å². The first-order valence-corrected chi connectivity index (χ1v) is 8.56. The number of rotatable bonds is 6. The Labute approximate surface area is 139 Å². The molecule has 2 amide bonds. The predicted molar refractivity (Wildman–Crippen MR) is 95.0 cm³/mol. The lowest BCUT2D eigenvalue weighted by atomic mass is 9.99. The van der Waals surface area contributed by atoms with Gasteiger partial charge in [-0.1, -0.05) is 12.8 Å². The van der Waals surface area contributed by atoms with Crippen LogP contribution < -0.4 is 15.5 Å². The molecule has 1 aromatic carbocycles. The molecule has 5 nitrogen and oxygen atoms in total. The quantitative estimate of drug-likeness (QED) is 0.753. The average molecular weight is 319 g/mol. The highest BCUT2D eigenvalue weighted by atomic mass is 16.3. The van der Waals surface area contributed by atoms with E-state index in [9.17, 15) is 9.90 Å². The van der Waals surface area contributed by atoms with Crippen LogP contribution in [-0.4, -0.2) is 35.9 Å². The van der Waals surface area contributed by atoms with Gasteiger partial charge < -0.3 is 20.6 Å². The molecule has 1 aliphatic carbocycles. The zero-order valence-corrected chi connectivity index (χ0v) is 14.4. The van der Waals surface area contributed by atoms with Gasteiger partial charge >= 0.3 is 6.03 Å². The minimum Gasteiger partial charge on any atom is -0.394 e. The number of nitrogens with zero attached hydrogens (tertiary/aromatic N) is 1. The minimum absolute atomic E-state index is 0.000787. The summed E-state index contributed by atoms with van der Waals surface area (Å²) in [5, 5.41) is 15.4. The van der Waals surface area contributed by atoms with Crippen LogP contribution in [0.3, 0.4) is 0 Å². The summed E-state index contributed by atoms with van der Waals surface area (Å²) in [6.07, 6.45) is 3.79. The van der Waals surface area contributed by atoms with Crippen molar-refractivity contribution in [3.05, 3.63) is 24.3 Å². The van der Waals surface area contributed by atoms with Crippen LogP contribution in [0, 0.1) is 0 Å². The highest BCUT2D eigenvalue weighted by Gasteiger charge is 2.34. The molecule has 0 radical (unpaired) electrons. The fourth-order valence-electron chi connectivity index (χ4n) is 3.36. The van der Waals surface area contributed by atoms with Crippen molar-refractivity contribution in [2.24, 2.45) is 0 Å². The first-order valence-electron chi connectivity index (χ1n) is 8.56. The van der Waals surface area contributed by atoms with Gasteiger partial charge in [0.05, 0.1) is 12.1 Å². The molecule has 3 N–H and O–H groups in total. The Balaban J connectivity index is 1.96. The Morgan fingerprint density at radius 1 is 1.26 bits per heavy atom. The summed E-state index contributed by atoms with van der Waals surface area (Å²) in [6.45, 7) is 7.41. The van der Waals surface area contributed by atoms with E-state index in [0.29, 0.717) is 6.04 Å². The normalized spacial score (nSPS) is 16.4. The van der Waals surface area contributed by atoms with Gasteiger partial charge in [-0.15, -0.1) is 0 Å². The van der Waals surface area contributed by atoms with Crippen molar-refractivity contribution < 1.29 is 9.90 Å². The molecule has 0 heterocycles. The van der Waals surface area contributed by atoms with Crippen molar-refractivity contribution in [1.29, 1.82) is 0 Å². The first kappa shape index (κ1) is 17.6. The first-order chi connectivity index (χ1) is 11.0. The Morgan fingerprint density at radius 3 is 2.35 bits per heavy atom. The predicted octanol–water partition coefficient (Wildman–Crippen LogP) is 3.35. The molecule has 0 atom stereocenters. The standard InChI is InChI=1S/C18H29N3O2/c1-4-21(14(2)3)16-9-7-15(8-10-16)19-17(23)20-18(13-22)11-5-6-12-18/h7-10,14,22H,4-6,11-13H2,1-3H3,(H2,19,20,23). The Kier molecular flexibility index (Phi) is 5.88. The van der Waals surface area contributed by atoms with Crippen LogP contribution in [0.2, 0.25) is 0 Å². The maximum atomic E-state index is 12.2. The van der Waals surface area contributed by atoms with E-state index in [1.807, 2.05) is 24.3 Å². The summed E-state index contributed by atoms with van der Waals surface area (Å²) in [7, 11) is 0. The molecule has 1 fully saturated rings. The van der Waals surface area contributed by atoms with E-state index in [0.717, 1.165) is 43.6 Å². The smallest absolute Gasteiger partial charge is 0.319 e. The molecule has 1 aliphatic rings. The molecule has 2 rings (SSSR count).